The van der Waals surface area contributed by atoms with Gasteiger partial charge in [0.1, 0.15) is 5.82 Å². The van der Waals surface area contributed by atoms with Gasteiger partial charge >= 0.3 is 0 Å². The van der Waals surface area contributed by atoms with Gasteiger partial charge in [-0.3, -0.25) is 4.79 Å². The van der Waals surface area contributed by atoms with Crippen LogP contribution in [0.2, 0.25) is 0 Å². The average Bonchev–Trinajstić information content (AvgIpc) is 2.39. The lowest BCUT2D eigenvalue weighted by atomic mass is 10.1. The molecule has 1 aliphatic heterocycles. The van der Waals surface area contributed by atoms with Gasteiger partial charge in [0.2, 0.25) is 0 Å². The predicted molar refractivity (Wildman–Crippen MR) is 63.9 cm³/mol. The molecule has 0 amide bonds. The second-order valence-corrected chi connectivity index (χ2v) is 3.92. The molecule has 0 aliphatic carbocycles. The number of carbonyl (C=O) groups is 1. The van der Waals surface area contributed by atoms with Gasteiger partial charge in [0.25, 0.3) is 0 Å². The van der Waals surface area contributed by atoms with Gasteiger partial charge in [-0.2, -0.15) is 0 Å². The highest BCUT2D eigenvalue weighted by molar-refractivity contribution is 5.95. The smallest absolute Gasteiger partial charge is 0.164 e. The van der Waals surface area contributed by atoms with Crippen molar-refractivity contribution in [1.82, 2.24) is 10.3 Å². The maximum Gasteiger partial charge on any atom is 0.164 e. The zero-order chi connectivity index (χ0) is 11.4. The Morgan fingerprint density at radius 2 is 2.19 bits per heavy atom. The van der Waals surface area contributed by atoms with Crippen LogP contribution in [0.25, 0.3) is 0 Å². The lowest BCUT2D eigenvalue weighted by Crippen LogP contribution is -2.43. The number of rotatable bonds is 3. The van der Waals surface area contributed by atoms with Crippen molar-refractivity contribution in [3.05, 3.63) is 23.9 Å². The van der Waals surface area contributed by atoms with E-state index in [1.54, 1.807) is 6.20 Å². The Balaban J connectivity index is 2.09. The van der Waals surface area contributed by atoms with Crippen LogP contribution in [-0.2, 0) is 0 Å². The molecule has 0 aromatic carbocycles. The van der Waals surface area contributed by atoms with E-state index in [9.17, 15) is 4.79 Å². The summed E-state index contributed by atoms with van der Waals surface area (Å²) in [4.78, 5) is 18.0. The fourth-order valence-corrected chi connectivity index (χ4v) is 1.84. The summed E-state index contributed by atoms with van der Waals surface area (Å²) in [6.45, 7) is 5.82. The minimum absolute atomic E-state index is 0.152. The van der Waals surface area contributed by atoms with Gasteiger partial charge in [-0.15, -0.1) is 0 Å². The number of aromatic nitrogens is 1. The summed E-state index contributed by atoms with van der Waals surface area (Å²) in [5.41, 5.74) is 0.710. The molecule has 1 N–H and O–H groups in total. The van der Waals surface area contributed by atoms with E-state index in [1.165, 1.54) is 0 Å². The molecule has 0 bridgehead atoms. The minimum atomic E-state index is 0.152. The lowest BCUT2D eigenvalue weighted by Gasteiger charge is -2.28. The highest BCUT2D eigenvalue weighted by atomic mass is 16.1. The molecule has 0 atom stereocenters. The molecule has 1 saturated heterocycles. The Kier molecular flexibility index (Phi) is 3.51. The van der Waals surface area contributed by atoms with E-state index in [-0.39, 0.29) is 5.78 Å². The van der Waals surface area contributed by atoms with Gasteiger partial charge in [0.05, 0.1) is 0 Å². The number of nitrogens with one attached hydrogen (secondary N) is 1. The third kappa shape index (κ3) is 2.39. The average molecular weight is 219 g/mol. The number of hydrogen-bond acceptors (Lipinski definition) is 4. The highest BCUT2D eigenvalue weighted by Crippen LogP contribution is 2.12. The molecule has 16 heavy (non-hydrogen) atoms. The molecule has 0 spiro atoms. The van der Waals surface area contributed by atoms with Crippen molar-refractivity contribution >= 4 is 11.6 Å². The van der Waals surface area contributed by atoms with Gasteiger partial charge in [-0.25, -0.2) is 4.98 Å². The largest absolute Gasteiger partial charge is 0.354 e. The molecular weight excluding hydrogens is 202 g/mol. The van der Waals surface area contributed by atoms with Crippen molar-refractivity contribution in [1.29, 1.82) is 0 Å². The molecule has 0 saturated carbocycles. The van der Waals surface area contributed by atoms with Gasteiger partial charge in [-0.1, -0.05) is 6.92 Å². The fraction of sp³-hybridized carbons (Fsp3) is 0.500. The molecule has 1 fully saturated rings. The fourth-order valence-electron chi connectivity index (χ4n) is 1.84. The molecule has 4 heteroatoms. The molecular formula is C12H17N3O. The van der Waals surface area contributed by atoms with Crippen molar-refractivity contribution in [2.45, 2.75) is 13.3 Å². The zero-order valence-electron chi connectivity index (χ0n) is 9.57. The SMILES string of the molecule is CCC(=O)c1ccc(N2CCNCC2)nc1. The summed E-state index contributed by atoms with van der Waals surface area (Å²) in [7, 11) is 0. The molecule has 4 nitrogen and oxygen atoms in total. The summed E-state index contributed by atoms with van der Waals surface area (Å²) in [5, 5.41) is 3.30. The summed E-state index contributed by atoms with van der Waals surface area (Å²) in [5.74, 6) is 1.12. The highest BCUT2D eigenvalue weighted by Gasteiger charge is 2.11. The van der Waals surface area contributed by atoms with Gasteiger partial charge in [-0.05, 0) is 12.1 Å². The number of nitrogens with zero attached hydrogens (tertiary/aromatic N) is 2. The summed E-state index contributed by atoms with van der Waals surface area (Å²) in [6, 6.07) is 3.81. The normalized spacial score (nSPS) is 16.2. The monoisotopic (exact) mass is 219 g/mol. The first-order valence-corrected chi connectivity index (χ1v) is 5.76. The van der Waals surface area contributed by atoms with Crippen LogP contribution in [0.5, 0.6) is 0 Å². The summed E-state index contributed by atoms with van der Waals surface area (Å²) in [6.07, 6.45) is 2.22. The first-order valence-electron chi connectivity index (χ1n) is 5.76. The minimum Gasteiger partial charge on any atom is -0.354 e. The number of anilines is 1. The Morgan fingerprint density at radius 1 is 1.44 bits per heavy atom. The molecule has 1 aliphatic rings. The lowest BCUT2D eigenvalue weighted by molar-refractivity contribution is 0.0988. The molecule has 0 unspecified atom stereocenters. The Labute approximate surface area is 95.7 Å². The predicted octanol–water partition coefficient (Wildman–Crippen LogP) is 1.08. The van der Waals surface area contributed by atoms with E-state index in [1.807, 2.05) is 19.1 Å². The molecule has 86 valence electrons. The van der Waals surface area contributed by atoms with E-state index in [0.717, 1.165) is 32.0 Å². The van der Waals surface area contributed by atoms with E-state index in [2.05, 4.69) is 15.2 Å². The zero-order valence-corrected chi connectivity index (χ0v) is 9.57. The van der Waals surface area contributed by atoms with Crippen LogP contribution in [0.15, 0.2) is 18.3 Å². The van der Waals surface area contributed by atoms with E-state index < -0.39 is 0 Å². The third-order valence-electron chi connectivity index (χ3n) is 2.83. The Hall–Kier alpha value is -1.42. The molecule has 0 radical (unpaired) electrons. The van der Waals surface area contributed by atoms with Gasteiger partial charge < -0.3 is 10.2 Å². The first kappa shape index (κ1) is 11.1. The van der Waals surface area contributed by atoms with E-state index in [0.29, 0.717) is 12.0 Å². The standard InChI is InChI=1S/C12H17N3O/c1-2-11(16)10-3-4-12(14-9-10)15-7-5-13-6-8-15/h3-4,9,13H,2,5-8H2,1H3. The van der Waals surface area contributed by atoms with E-state index in [4.69, 9.17) is 0 Å². The number of piperazine rings is 1. The quantitative estimate of drug-likeness (QED) is 0.773. The van der Waals surface area contributed by atoms with Crippen molar-refractivity contribution in [2.75, 3.05) is 31.1 Å². The van der Waals surface area contributed by atoms with Crippen LogP contribution < -0.4 is 10.2 Å². The molecule has 2 heterocycles. The van der Waals surface area contributed by atoms with Crippen LogP contribution in [0, 0.1) is 0 Å². The van der Waals surface area contributed by atoms with Crippen LogP contribution >= 0.6 is 0 Å². The maximum absolute atomic E-state index is 11.4. The summed E-state index contributed by atoms with van der Waals surface area (Å²) < 4.78 is 0. The number of pyridine rings is 1. The van der Waals surface area contributed by atoms with Gasteiger partial charge in [0.15, 0.2) is 5.78 Å². The van der Waals surface area contributed by atoms with Crippen LogP contribution in [0.4, 0.5) is 5.82 Å². The number of carbonyl (C=O) groups excluding carboxylic acids is 1. The van der Waals surface area contributed by atoms with E-state index >= 15 is 0 Å². The first-order chi connectivity index (χ1) is 7.81. The molecule has 2 rings (SSSR count). The van der Waals surface area contributed by atoms with Crippen LogP contribution in [-0.4, -0.2) is 36.9 Å². The third-order valence-corrected chi connectivity index (χ3v) is 2.83. The molecule has 1 aromatic rings. The van der Waals surface area contributed by atoms with Crippen LogP contribution in [0.3, 0.4) is 0 Å². The van der Waals surface area contributed by atoms with Crippen molar-refractivity contribution in [2.24, 2.45) is 0 Å². The van der Waals surface area contributed by atoms with Crippen molar-refractivity contribution < 1.29 is 4.79 Å². The second-order valence-electron chi connectivity index (χ2n) is 3.92. The van der Waals surface area contributed by atoms with Crippen molar-refractivity contribution in [3.63, 3.8) is 0 Å². The maximum atomic E-state index is 11.4. The van der Waals surface area contributed by atoms with Crippen molar-refractivity contribution in [3.8, 4) is 0 Å². The van der Waals surface area contributed by atoms with Crippen LogP contribution in [0.1, 0.15) is 23.7 Å². The van der Waals surface area contributed by atoms with Gasteiger partial charge in [0, 0.05) is 44.4 Å². The number of ketones is 1. The topological polar surface area (TPSA) is 45.2 Å². The molecule has 1 aromatic heterocycles. The number of Topliss-reactive ketones (excluding diaryl/α,β-unsaturated/α-hetero) is 1. The number of hydrogen-bond donors (Lipinski definition) is 1. The second kappa shape index (κ2) is 5.07. The Bertz CT molecular complexity index is 355. The Morgan fingerprint density at radius 3 is 2.75 bits per heavy atom. The summed E-state index contributed by atoms with van der Waals surface area (Å²) >= 11 is 0.